The quantitative estimate of drug-likeness (QED) is 0.741. The Hall–Kier alpha value is -2.28. The summed E-state index contributed by atoms with van der Waals surface area (Å²) in [5.74, 6) is -0.485. The van der Waals surface area contributed by atoms with E-state index in [1.165, 1.54) is 12.1 Å². The van der Waals surface area contributed by atoms with Crippen molar-refractivity contribution in [3.63, 3.8) is 0 Å². The molecule has 114 valence electrons. The van der Waals surface area contributed by atoms with Crippen molar-refractivity contribution >= 4 is 22.6 Å². The zero-order chi connectivity index (χ0) is 15.9. The van der Waals surface area contributed by atoms with E-state index in [1.807, 2.05) is 6.92 Å². The van der Waals surface area contributed by atoms with Gasteiger partial charge in [-0.05, 0) is 26.0 Å². The molecule has 3 rings (SSSR count). The summed E-state index contributed by atoms with van der Waals surface area (Å²) < 4.78 is 16.5. The zero-order valence-corrected chi connectivity index (χ0v) is 12.8. The summed E-state index contributed by atoms with van der Waals surface area (Å²) in [6.07, 6.45) is 0. The number of rotatable bonds is 3. The highest BCUT2D eigenvalue weighted by molar-refractivity contribution is 6.31. The van der Waals surface area contributed by atoms with Crippen LogP contribution < -0.4 is 5.56 Å². The van der Waals surface area contributed by atoms with Crippen molar-refractivity contribution in [3.8, 4) is 0 Å². The Morgan fingerprint density at radius 2 is 2.09 bits per heavy atom. The van der Waals surface area contributed by atoms with Gasteiger partial charge in [-0.3, -0.25) is 9.48 Å². The first-order chi connectivity index (χ1) is 10.5. The van der Waals surface area contributed by atoms with Crippen LogP contribution in [0.25, 0.3) is 11.0 Å². The number of fused-ring (bicyclic) bond motifs is 1. The number of halogens is 2. The lowest BCUT2D eigenvalue weighted by atomic mass is 10.2. The van der Waals surface area contributed by atoms with Gasteiger partial charge in [-0.2, -0.15) is 5.10 Å². The molecule has 0 radical (unpaired) electrons. The normalized spacial score (nSPS) is 11.3. The van der Waals surface area contributed by atoms with Gasteiger partial charge in [0.25, 0.3) is 5.56 Å². The predicted molar refractivity (Wildman–Crippen MR) is 80.5 cm³/mol. The van der Waals surface area contributed by atoms with Crippen LogP contribution in [-0.4, -0.2) is 24.8 Å². The van der Waals surface area contributed by atoms with Gasteiger partial charge in [0.05, 0.1) is 12.2 Å². The third-order valence-corrected chi connectivity index (χ3v) is 3.81. The maximum absolute atomic E-state index is 13.9. The van der Waals surface area contributed by atoms with Gasteiger partial charge in [-0.15, -0.1) is 5.10 Å². The zero-order valence-electron chi connectivity index (χ0n) is 12.0. The maximum atomic E-state index is 13.9. The second kappa shape index (κ2) is 5.49. The summed E-state index contributed by atoms with van der Waals surface area (Å²) in [5.41, 5.74) is 1.30. The lowest BCUT2D eigenvalue weighted by Gasteiger charge is -2.07. The van der Waals surface area contributed by atoms with Crippen LogP contribution >= 0.6 is 11.6 Å². The number of hydrogen-bond donors (Lipinski definition) is 0. The van der Waals surface area contributed by atoms with Gasteiger partial charge in [0.2, 0.25) is 0 Å². The monoisotopic (exact) mass is 321 g/mol. The summed E-state index contributed by atoms with van der Waals surface area (Å²) in [6, 6.07) is 4.37. The lowest BCUT2D eigenvalue weighted by Crippen LogP contribution is -2.26. The van der Waals surface area contributed by atoms with Crippen LogP contribution in [0.15, 0.2) is 23.0 Å². The molecule has 22 heavy (non-hydrogen) atoms. The Bertz CT molecular complexity index is 897. The molecule has 0 fully saturated rings. The Balaban J connectivity index is 2.17. The van der Waals surface area contributed by atoms with Gasteiger partial charge in [0.1, 0.15) is 11.3 Å². The molecule has 6 nitrogen and oxygen atoms in total. The number of aromatic nitrogens is 5. The third kappa shape index (κ3) is 2.27. The second-order valence-corrected chi connectivity index (χ2v) is 5.26. The van der Waals surface area contributed by atoms with Crippen LogP contribution in [0, 0.1) is 12.7 Å². The van der Waals surface area contributed by atoms with Crippen LogP contribution in [0.1, 0.15) is 18.2 Å². The number of hydrogen-bond acceptors (Lipinski definition) is 4. The molecule has 2 aromatic heterocycles. The molecule has 0 aliphatic heterocycles. The molecule has 0 bridgehead atoms. The Labute approximate surface area is 130 Å². The number of benzene rings is 1. The average Bonchev–Trinajstić information content (AvgIpc) is 2.82. The fourth-order valence-corrected chi connectivity index (χ4v) is 2.55. The van der Waals surface area contributed by atoms with Crippen LogP contribution in [0.3, 0.4) is 0 Å². The average molecular weight is 322 g/mol. The van der Waals surface area contributed by atoms with Crippen molar-refractivity contribution in [2.45, 2.75) is 26.9 Å². The van der Waals surface area contributed by atoms with E-state index in [9.17, 15) is 9.18 Å². The highest BCUT2D eigenvalue weighted by Crippen LogP contribution is 2.19. The molecule has 8 heteroatoms. The minimum atomic E-state index is -0.485. The highest BCUT2D eigenvalue weighted by Gasteiger charge is 2.16. The molecule has 0 spiro atoms. The lowest BCUT2D eigenvalue weighted by molar-refractivity contribution is 0.554. The summed E-state index contributed by atoms with van der Waals surface area (Å²) >= 11 is 5.99. The van der Waals surface area contributed by atoms with Gasteiger partial charge < -0.3 is 0 Å². The van der Waals surface area contributed by atoms with Crippen molar-refractivity contribution in [2.24, 2.45) is 0 Å². The molecular weight excluding hydrogens is 309 g/mol. The molecule has 0 aliphatic rings. The van der Waals surface area contributed by atoms with E-state index in [4.69, 9.17) is 11.6 Å². The van der Waals surface area contributed by atoms with Crippen LogP contribution in [0.4, 0.5) is 4.39 Å². The first-order valence-electron chi connectivity index (χ1n) is 6.76. The number of aryl methyl sites for hydroxylation is 2. The van der Waals surface area contributed by atoms with Crippen molar-refractivity contribution in [1.29, 1.82) is 0 Å². The van der Waals surface area contributed by atoms with E-state index < -0.39 is 5.82 Å². The Morgan fingerprint density at radius 3 is 2.77 bits per heavy atom. The largest absolute Gasteiger partial charge is 0.296 e. The fourth-order valence-electron chi connectivity index (χ4n) is 2.33. The van der Waals surface area contributed by atoms with Crippen molar-refractivity contribution in [1.82, 2.24) is 24.8 Å². The Morgan fingerprint density at radius 1 is 1.32 bits per heavy atom. The number of nitrogens with zero attached hydrogens (tertiary/aromatic N) is 5. The van der Waals surface area contributed by atoms with Gasteiger partial charge in [0.15, 0.2) is 5.52 Å². The first kappa shape index (κ1) is 14.6. The van der Waals surface area contributed by atoms with E-state index in [0.29, 0.717) is 23.3 Å². The van der Waals surface area contributed by atoms with Gasteiger partial charge in [-0.25, -0.2) is 9.07 Å². The molecular formula is C14H13ClFN5O. The van der Waals surface area contributed by atoms with Crippen LogP contribution in [0.5, 0.6) is 0 Å². The van der Waals surface area contributed by atoms with Gasteiger partial charge >= 0.3 is 0 Å². The van der Waals surface area contributed by atoms with E-state index in [0.717, 1.165) is 4.68 Å². The predicted octanol–water partition coefficient (Wildman–Crippen LogP) is 2.16. The van der Waals surface area contributed by atoms with Crippen LogP contribution in [0.2, 0.25) is 5.02 Å². The highest BCUT2D eigenvalue weighted by atomic mass is 35.5. The standard InChI is InChI=1S/C14H13ClFN5O/c1-3-20-13-12(8(2)18-20)17-19-21(14(13)22)7-9-10(15)5-4-6-11(9)16/h4-6H,3,7H2,1-2H3. The molecule has 1 aromatic carbocycles. The molecule has 0 saturated carbocycles. The molecule has 0 N–H and O–H groups in total. The van der Waals surface area contributed by atoms with E-state index in [2.05, 4.69) is 15.4 Å². The first-order valence-corrected chi connectivity index (χ1v) is 7.14. The van der Waals surface area contributed by atoms with Crippen molar-refractivity contribution in [3.05, 3.63) is 50.7 Å². The van der Waals surface area contributed by atoms with E-state index in [-0.39, 0.29) is 22.7 Å². The summed E-state index contributed by atoms with van der Waals surface area (Å²) in [4.78, 5) is 12.6. The van der Waals surface area contributed by atoms with Crippen molar-refractivity contribution in [2.75, 3.05) is 0 Å². The summed E-state index contributed by atoms with van der Waals surface area (Å²) in [7, 11) is 0. The van der Waals surface area contributed by atoms with Gasteiger partial charge in [-0.1, -0.05) is 22.9 Å². The minimum Gasteiger partial charge on any atom is -0.265 e. The Kier molecular flexibility index (Phi) is 3.66. The van der Waals surface area contributed by atoms with E-state index in [1.54, 1.807) is 17.7 Å². The SMILES string of the molecule is CCn1nc(C)c2nnn(Cc3c(F)cccc3Cl)c(=O)c21. The van der Waals surface area contributed by atoms with Gasteiger partial charge in [0, 0.05) is 17.1 Å². The van der Waals surface area contributed by atoms with Crippen molar-refractivity contribution < 1.29 is 4.39 Å². The molecule has 0 aliphatic carbocycles. The molecule has 0 amide bonds. The fraction of sp³-hybridized carbons (Fsp3) is 0.286. The summed E-state index contributed by atoms with van der Waals surface area (Å²) in [6.45, 7) is 4.09. The molecule has 0 unspecified atom stereocenters. The molecule has 0 atom stereocenters. The van der Waals surface area contributed by atoms with E-state index >= 15 is 0 Å². The maximum Gasteiger partial charge on any atom is 0.296 e. The third-order valence-electron chi connectivity index (χ3n) is 3.45. The molecule has 3 aromatic rings. The summed E-state index contributed by atoms with van der Waals surface area (Å²) in [5, 5.41) is 12.4. The molecule has 0 saturated heterocycles. The topological polar surface area (TPSA) is 65.6 Å². The smallest absolute Gasteiger partial charge is 0.265 e. The second-order valence-electron chi connectivity index (χ2n) is 4.85. The molecule has 2 heterocycles. The van der Waals surface area contributed by atoms with Crippen LogP contribution in [-0.2, 0) is 13.1 Å². The minimum absolute atomic E-state index is 0.0821.